The van der Waals surface area contributed by atoms with Crippen molar-refractivity contribution in [2.45, 2.75) is 17.4 Å². The fraction of sp³-hybridized carbons (Fsp3) is 0.235. The van der Waals surface area contributed by atoms with Gasteiger partial charge in [-0.1, -0.05) is 12.1 Å². The molecule has 0 spiro atoms. The molecule has 126 valence electrons. The van der Waals surface area contributed by atoms with Crippen LogP contribution >= 0.6 is 11.8 Å². The van der Waals surface area contributed by atoms with Crippen molar-refractivity contribution in [1.29, 1.82) is 0 Å². The van der Waals surface area contributed by atoms with Crippen molar-refractivity contribution < 1.29 is 14.3 Å². The molecule has 6 nitrogen and oxygen atoms in total. The third-order valence-corrected chi connectivity index (χ3v) is 4.08. The molecule has 24 heavy (non-hydrogen) atoms. The molecule has 0 aliphatic carbocycles. The number of methoxy groups -OCH3 is 1. The highest BCUT2D eigenvalue weighted by atomic mass is 32.2. The highest BCUT2D eigenvalue weighted by Gasteiger charge is 2.19. The van der Waals surface area contributed by atoms with Gasteiger partial charge in [0.05, 0.1) is 31.5 Å². The van der Waals surface area contributed by atoms with Crippen molar-refractivity contribution in [3.63, 3.8) is 0 Å². The lowest BCUT2D eigenvalue weighted by atomic mass is 10.0. The third-order valence-electron chi connectivity index (χ3n) is 3.34. The molecule has 2 amide bonds. The minimum atomic E-state index is -0.481. The van der Waals surface area contributed by atoms with Crippen molar-refractivity contribution in [2.75, 3.05) is 18.7 Å². The van der Waals surface area contributed by atoms with Crippen LogP contribution in [0.4, 0.5) is 10.5 Å². The molecule has 7 heteroatoms. The second-order valence-corrected chi connectivity index (χ2v) is 5.83. The normalized spacial score (nSPS) is 11.4. The number of nitrogens with one attached hydrogen (secondary N) is 2. The van der Waals surface area contributed by atoms with Crippen LogP contribution in [0.5, 0.6) is 0 Å². The Morgan fingerprint density at radius 2 is 2.00 bits per heavy atom. The van der Waals surface area contributed by atoms with Gasteiger partial charge in [0.2, 0.25) is 0 Å². The zero-order chi connectivity index (χ0) is 17.4. The summed E-state index contributed by atoms with van der Waals surface area (Å²) in [6, 6.07) is 10.2. The van der Waals surface area contributed by atoms with Gasteiger partial charge in [-0.2, -0.15) is 0 Å². The summed E-state index contributed by atoms with van der Waals surface area (Å²) in [6.07, 6.45) is 5.20. The summed E-state index contributed by atoms with van der Waals surface area (Å²) < 4.78 is 4.72. The lowest BCUT2D eigenvalue weighted by Gasteiger charge is -2.19. The number of aromatic nitrogens is 1. The molecular weight excluding hydrogens is 326 g/mol. The van der Waals surface area contributed by atoms with Crippen LogP contribution < -0.4 is 10.6 Å². The monoisotopic (exact) mass is 345 g/mol. The Morgan fingerprint density at radius 3 is 2.58 bits per heavy atom. The Morgan fingerprint density at radius 1 is 1.25 bits per heavy atom. The van der Waals surface area contributed by atoms with Gasteiger partial charge >= 0.3 is 12.0 Å². The average Bonchev–Trinajstić information content (AvgIpc) is 2.62. The number of nitrogens with zero attached hydrogens (tertiary/aromatic N) is 1. The van der Waals surface area contributed by atoms with Gasteiger partial charge in [-0.05, 0) is 36.1 Å². The summed E-state index contributed by atoms with van der Waals surface area (Å²) in [5.41, 5.74) is 1.41. The molecular formula is C17H19N3O3S. The Labute approximate surface area is 145 Å². The zero-order valence-corrected chi connectivity index (χ0v) is 14.3. The van der Waals surface area contributed by atoms with E-state index in [0.717, 1.165) is 10.5 Å². The fourth-order valence-corrected chi connectivity index (χ4v) is 2.51. The van der Waals surface area contributed by atoms with Crippen LogP contribution in [-0.2, 0) is 9.53 Å². The molecule has 2 aromatic rings. The van der Waals surface area contributed by atoms with Crippen LogP contribution in [-0.4, -0.2) is 30.3 Å². The maximum atomic E-state index is 12.2. The zero-order valence-electron chi connectivity index (χ0n) is 13.5. The first-order valence-corrected chi connectivity index (χ1v) is 8.53. The number of urea groups is 1. The van der Waals surface area contributed by atoms with E-state index in [1.807, 2.05) is 30.5 Å². The highest BCUT2D eigenvalue weighted by molar-refractivity contribution is 7.98. The molecule has 0 aliphatic rings. The van der Waals surface area contributed by atoms with Crippen molar-refractivity contribution in [1.82, 2.24) is 10.3 Å². The minimum Gasteiger partial charge on any atom is -0.469 e. The van der Waals surface area contributed by atoms with E-state index in [2.05, 4.69) is 15.6 Å². The van der Waals surface area contributed by atoms with E-state index < -0.39 is 18.0 Å². The summed E-state index contributed by atoms with van der Waals surface area (Å²) in [5.74, 6) is -0.393. The fourth-order valence-electron chi connectivity index (χ4n) is 2.10. The second-order valence-electron chi connectivity index (χ2n) is 4.95. The number of carbonyl (C=O) groups excluding carboxylic acids is 2. The van der Waals surface area contributed by atoms with Crippen molar-refractivity contribution in [3.05, 3.63) is 54.4 Å². The van der Waals surface area contributed by atoms with Crippen molar-refractivity contribution >= 4 is 29.4 Å². The Balaban J connectivity index is 2.09. The van der Waals surface area contributed by atoms with Crippen molar-refractivity contribution in [2.24, 2.45) is 0 Å². The van der Waals surface area contributed by atoms with Crippen LogP contribution in [0.1, 0.15) is 18.0 Å². The van der Waals surface area contributed by atoms with Gasteiger partial charge in [-0.25, -0.2) is 4.79 Å². The van der Waals surface area contributed by atoms with Crippen LogP contribution in [0.15, 0.2) is 53.7 Å². The molecule has 0 saturated heterocycles. The van der Waals surface area contributed by atoms with Crippen LogP contribution in [0, 0.1) is 0 Å². The summed E-state index contributed by atoms with van der Waals surface area (Å²) in [5, 5.41) is 5.49. The SMILES string of the molecule is COC(=O)C[C@@H](NC(=O)Nc1cccnc1)c1ccc(SC)cc1. The van der Waals surface area contributed by atoms with E-state index in [4.69, 9.17) is 4.74 Å². The Bertz CT molecular complexity index is 677. The lowest BCUT2D eigenvalue weighted by molar-refractivity contribution is -0.141. The number of ether oxygens (including phenoxy) is 1. The van der Waals surface area contributed by atoms with Gasteiger partial charge in [0.15, 0.2) is 0 Å². The van der Waals surface area contributed by atoms with Gasteiger partial charge in [0, 0.05) is 11.1 Å². The maximum Gasteiger partial charge on any atom is 0.319 e. The summed E-state index contributed by atoms with van der Waals surface area (Å²) >= 11 is 1.63. The number of hydrogen-bond acceptors (Lipinski definition) is 5. The summed E-state index contributed by atoms with van der Waals surface area (Å²) in [7, 11) is 1.33. The van der Waals surface area contributed by atoms with E-state index in [1.54, 1.807) is 36.3 Å². The smallest absolute Gasteiger partial charge is 0.319 e. The molecule has 1 aromatic carbocycles. The molecule has 1 heterocycles. The molecule has 0 fully saturated rings. The number of pyridine rings is 1. The van der Waals surface area contributed by atoms with E-state index >= 15 is 0 Å². The number of anilines is 1. The Hall–Kier alpha value is -2.54. The molecule has 0 saturated carbocycles. The first-order chi connectivity index (χ1) is 11.6. The van der Waals surface area contributed by atoms with Crippen LogP contribution in [0.2, 0.25) is 0 Å². The lowest BCUT2D eigenvalue weighted by Crippen LogP contribution is -2.34. The van der Waals surface area contributed by atoms with Gasteiger partial charge in [-0.15, -0.1) is 11.8 Å². The molecule has 0 bridgehead atoms. The van der Waals surface area contributed by atoms with Crippen molar-refractivity contribution in [3.8, 4) is 0 Å². The van der Waals surface area contributed by atoms with Gasteiger partial charge in [0.1, 0.15) is 0 Å². The maximum absolute atomic E-state index is 12.2. The summed E-state index contributed by atoms with van der Waals surface area (Å²) in [4.78, 5) is 28.9. The number of hydrogen-bond donors (Lipinski definition) is 2. The van der Waals surface area contributed by atoms with Crippen LogP contribution in [0.3, 0.4) is 0 Å². The minimum absolute atomic E-state index is 0.0512. The number of thioether (sulfide) groups is 1. The second kappa shape index (κ2) is 8.93. The van der Waals surface area contributed by atoms with Gasteiger partial charge in [-0.3, -0.25) is 9.78 Å². The topological polar surface area (TPSA) is 80.3 Å². The molecule has 1 aromatic heterocycles. The number of benzene rings is 1. The summed E-state index contributed by atoms with van der Waals surface area (Å²) in [6.45, 7) is 0. The number of carbonyl (C=O) groups is 2. The highest BCUT2D eigenvalue weighted by Crippen LogP contribution is 2.22. The molecule has 0 aliphatic heterocycles. The van der Waals surface area contributed by atoms with Gasteiger partial charge in [0.25, 0.3) is 0 Å². The van der Waals surface area contributed by atoms with E-state index in [1.165, 1.54) is 7.11 Å². The average molecular weight is 345 g/mol. The number of rotatable bonds is 6. The van der Waals surface area contributed by atoms with Gasteiger partial charge < -0.3 is 15.4 Å². The number of esters is 1. The standard InChI is InChI=1S/C17H19N3O3S/c1-23-16(21)10-15(12-5-7-14(24-2)8-6-12)20-17(22)19-13-4-3-9-18-11-13/h3-9,11,15H,10H2,1-2H3,(H2,19,20,22)/t15-/m1/s1. The predicted molar refractivity (Wildman–Crippen MR) is 94.0 cm³/mol. The first kappa shape index (κ1) is 17.8. The quantitative estimate of drug-likeness (QED) is 0.621. The molecule has 1 atom stereocenters. The first-order valence-electron chi connectivity index (χ1n) is 7.30. The van der Waals surface area contributed by atoms with E-state index in [-0.39, 0.29) is 6.42 Å². The molecule has 0 radical (unpaired) electrons. The Kier molecular flexibility index (Phi) is 6.62. The predicted octanol–water partition coefficient (Wildman–Crippen LogP) is 3.23. The van der Waals surface area contributed by atoms with E-state index in [0.29, 0.717) is 5.69 Å². The third kappa shape index (κ3) is 5.27. The largest absolute Gasteiger partial charge is 0.469 e. The number of amides is 2. The molecule has 2 N–H and O–H groups in total. The van der Waals surface area contributed by atoms with E-state index in [9.17, 15) is 9.59 Å². The van der Waals surface area contributed by atoms with Crippen LogP contribution in [0.25, 0.3) is 0 Å². The molecule has 2 rings (SSSR count). The molecule has 0 unspecified atom stereocenters.